The van der Waals surface area contributed by atoms with E-state index in [1.807, 2.05) is 0 Å². The van der Waals surface area contributed by atoms with Crippen LogP contribution in [0.2, 0.25) is 0 Å². The number of benzene rings is 1. The van der Waals surface area contributed by atoms with Crippen LogP contribution in [0.5, 0.6) is 5.75 Å². The summed E-state index contributed by atoms with van der Waals surface area (Å²) in [4.78, 5) is -0.413. The monoisotopic (exact) mass is 355 g/mol. The number of rotatable bonds is 2. The van der Waals surface area contributed by atoms with Crippen LogP contribution in [0.1, 0.15) is 0 Å². The lowest BCUT2D eigenvalue weighted by molar-refractivity contribution is -0.274. The topological polar surface area (TPSA) is 35.2 Å². The van der Waals surface area contributed by atoms with E-state index < -0.39 is 40.0 Å². The highest BCUT2D eigenvalue weighted by Gasteiger charge is 2.34. The van der Waals surface area contributed by atoms with Gasteiger partial charge in [0.25, 0.3) is 0 Å². The number of ether oxygens (including phenoxy) is 1. The number of halogens is 7. The molecule has 0 saturated carbocycles. The SMILES string of the molecule is Nc1c(SC(F)(F)F)ccc(OC(F)(F)F)c1Br. The molecule has 0 aliphatic rings. The fourth-order valence-corrected chi connectivity index (χ4v) is 2.13. The third kappa shape index (κ3) is 4.48. The molecule has 1 aromatic rings. The van der Waals surface area contributed by atoms with E-state index in [9.17, 15) is 26.3 Å². The maximum absolute atomic E-state index is 12.1. The van der Waals surface area contributed by atoms with E-state index in [0.717, 1.165) is 12.1 Å². The van der Waals surface area contributed by atoms with Crippen molar-refractivity contribution in [2.75, 3.05) is 5.73 Å². The van der Waals surface area contributed by atoms with Crippen molar-refractivity contribution in [1.29, 1.82) is 0 Å². The molecule has 0 radical (unpaired) electrons. The molecule has 0 spiro atoms. The molecule has 0 aliphatic heterocycles. The van der Waals surface area contributed by atoms with E-state index in [1.54, 1.807) is 0 Å². The standard InChI is InChI=1S/C8H4BrF6NOS/c9-5-3(17-7(10,11)12)1-2-4(6(5)16)18-8(13,14)15/h1-2H,16H2. The largest absolute Gasteiger partial charge is 0.573 e. The van der Waals surface area contributed by atoms with Crippen LogP contribution in [0, 0.1) is 0 Å². The minimum Gasteiger partial charge on any atom is -0.405 e. The van der Waals surface area contributed by atoms with Crippen LogP contribution in [0.3, 0.4) is 0 Å². The summed E-state index contributed by atoms with van der Waals surface area (Å²) in [5, 5.41) is 0. The molecule has 18 heavy (non-hydrogen) atoms. The Morgan fingerprint density at radius 3 is 2.11 bits per heavy atom. The van der Waals surface area contributed by atoms with Crippen molar-refractivity contribution in [3.63, 3.8) is 0 Å². The molecule has 2 nitrogen and oxygen atoms in total. The Morgan fingerprint density at radius 1 is 1.11 bits per heavy atom. The van der Waals surface area contributed by atoms with Crippen molar-refractivity contribution in [3.05, 3.63) is 16.6 Å². The van der Waals surface area contributed by atoms with Gasteiger partial charge >= 0.3 is 11.9 Å². The summed E-state index contributed by atoms with van der Waals surface area (Å²) in [5.74, 6) is -0.702. The summed E-state index contributed by atoms with van der Waals surface area (Å²) in [6, 6.07) is 1.56. The van der Waals surface area contributed by atoms with Crippen molar-refractivity contribution >= 4 is 33.4 Å². The summed E-state index contributed by atoms with van der Waals surface area (Å²) in [6.07, 6.45) is -4.95. The van der Waals surface area contributed by atoms with Crippen LogP contribution in [-0.2, 0) is 0 Å². The number of hydrogen-bond acceptors (Lipinski definition) is 3. The Morgan fingerprint density at radius 2 is 1.67 bits per heavy atom. The highest BCUT2D eigenvalue weighted by Crippen LogP contribution is 2.45. The normalized spacial score (nSPS) is 12.6. The van der Waals surface area contributed by atoms with Gasteiger partial charge in [0.05, 0.1) is 10.2 Å². The molecule has 2 N–H and O–H groups in total. The van der Waals surface area contributed by atoms with Crippen LogP contribution in [0.15, 0.2) is 21.5 Å². The Balaban J connectivity index is 3.06. The highest BCUT2D eigenvalue weighted by molar-refractivity contribution is 9.10. The number of nitrogens with two attached hydrogens (primary N) is 1. The number of hydrogen-bond donors (Lipinski definition) is 1. The molecule has 0 bridgehead atoms. The van der Waals surface area contributed by atoms with Crippen molar-refractivity contribution in [3.8, 4) is 5.75 Å². The molecule has 0 aliphatic carbocycles. The van der Waals surface area contributed by atoms with E-state index in [-0.39, 0.29) is 4.47 Å². The first-order valence-corrected chi connectivity index (χ1v) is 5.70. The lowest BCUT2D eigenvalue weighted by Crippen LogP contribution is -2.17. The van der Waals surface area contributed by atoms with E-state index >= 15 is 0 Å². The van der Waals surface area contributed by atoms with Gasteiger partial charge in [0, 0.05) is 4.90 Å². The summed E-state index contributed by atoms with van der Waals surface area (Å²) >= 11 is 2.14. The summed E-state index contributed by atoms with van der Waals surface area (Å²) in [6.45, 7) is 0. The third-order valence-corrected chi connectivity index (χ3v) is 3.18. The minimum absolute atomic E-state index is 0.380. The molecule has 0 saturated heterocycles. The molecule has 0 amide bonds. The highest BCUT2D eigenvalue weighted by atomic mass is 79.9. The zero-order valence-electron chi connectivity index (χ0n) is 8.19. The molecule has 102 valence electrons. The van der Waals surface area contributed by atoms with Gasteiger partial charge in [-0.1, -0.05) is 0 Å². The van der Waals surface area contributed by atoms with E-state index in [1.165, 1.54) is 0 Å². The predicted octanol–water partition coefficient (Wildman–Crippen LogP) is 4.54. The van der Waals surface area contributed by atoms with Crippen molar-refractivity contribution in [2.45, 2.75) is 16.8 Å². The molecular formula is C8H4BrF6NOS. The molecule has 1 aromatic carbocycles. The maximum atomic E-state index is 12.1. The zero-order chi connectivity index (χ0) is 14.1. The molecule has 0 aromatic heterocycles. The van der Waals surface area contributed by atoms with E-state index in [0.29, 0.717) is 0 Å². The van der Waals surface area contributed by atoms with Gasteiger partial charge in [0.15, 0.2) is 0 Å². The smallest absolute Gasteiger partial charge is 0.405 e. The summed E-state index contributed by atoms with van der Waals surface area (Å²) in [7, 11) is 0. The van der Waals surface area contributed by atoms with Gasteiger partial charge in [-0.3, -0.25) is 0 Å². The van der Waals surface area contributed by atoms with E-state index in [4.69, 9.17) is 5.73 Å². The van der Waals surface area contributed by atoms with Crippen LogP contribution < -0.4 is 10.5 Å². The van der Waals surface area contributed by atoms with Crippen molar-refractivity contribution < 1.29 is 31.1 Å². The third-order valence-electron chi connectivity index (χ3n) is 1.56. The average molecular weight is 356 g/mol. The second-order valence-corrected chi connectivity index (χ2v) is 4.78. The molecule has 0 unspecified atom stereocenters. The quantitative estimate of drug-likeness (QED) is 0.480. The van der Waals surface area contributed by atoms with Crippen LogP contribution >= 0.6 is 27.7 Å². The van der Waals surface area contributed by atoms with Crippen LogP contribution in [0.4, 0.5) is 32.0 Å². The van der Waals surface area contributed by atoms with Gasteiger partial charge in [-0.05, 0) is 39.8 Å². The van der Waals surface area contributed by atoms with Gasteiger partial charge in [-0.2, -0.15) is 13.2 Å². The molecule has 0 heterocycles. The number of nitrogen functional groups attached to an aromatic ring is 1. The molecule has 0 fully saturated rings. The van der Waals surface area contributed by atoms with Gasteiger partial charge < -0.3 is 10.5 Å². The maximum Gasteiger partial charge on any atom is 0.573 e. The minimum atomic E-state index is -4.95. The Hall–Kier alpha value is -0.770. The fourth-order valence-electron chi connectivity index (χ4n) is 0.972. The number of anilines is 1. The Bertz CT molecular complexity index is 405. The van der Waals surface area contributed by atoms with Gasteiger partial charge in [-0.15, -0.1) is 13.2 Å². The average Bonchev–Trinajstić information content (AvgIpc) is 2.14. The Labute approximate surface area is 110 Å². The number of thioether (sulfide) groups is 1. The lowest BCUT2D eigenvalue weighted by Gasteiger charge is -2.14. The Kier molecular flexibility index (Phi) is 4.31. The first kappa shape index (κ1) is 15.3. The van der Waals surface area contributed by atoms with Gasteiger partial charge in [-0.25, -0.2) is 0 Å². The van der Waals surface area contributed by atoms with Crippen LogP contribution in [-0.4, -0.2) is 11.9 Å². The predicted molar refractivity (Wildman–Crippen MR) is 57.1 cm³/mol. The fraction of sp³-hybridized carbons (Fsp3) is 0.250. The summed E-state index contributed by atoms with van der Waals surface area (Å²) in [5.41, 5.74) is 0.238. The number of alkyl halides is 6. The van der Waals surface area contributed by atoms with E-state index in [2.05, 4.69) is 20.7 Å². The molecule has 10 heteroatoms. The van der Waals surface area contributed by atoms with Gasteiger partial charge in [0.2, 0.25) is 0 Å². The van der Waals surface area contributed by atoms with Crippen molar-refractivity contribution in [1.82, 2.24) is 0 Å². The first-order valence-electron chi connectivity index (χ1n) is 4.09. The van der Waals surface area contributed by atoms with Crippen molar-refractivity contribution in [2.24, 2.45) is 0 Å². The first-order chi connectivity index (χ1) is 7.99. The summed E-state index contributed by atoms with van der Waals surface area (Å²) < 4.78 is 75.4. The second-order valence-electron chi connectivity index (χ2n) is 2.89. The molecule has 1 rings (SSSR count). The molecule has 0 atom stereocenters. The van der Waals surface area contributed by atoms with Gasteiger partial charge in [0.1, 0.15) is 5.75 Å². The lowest BCUT2D eigenvalue weighted by atomic mass is 10.3. The second kappa shape index (κ2) is 5.08. The van der Waals surface area contributed by atoms with Crippen LogP contribution in [0.25, 0.3) is 0 Å². The zero-order valence-corrected chi connectivity index (χ0v) is 10.6. The molecular weight excluding hydrogens is 352 g/mol.